The normalized spacial score (nSPS) is 16.8. The van der Waals surface area contributed by atoms with Crippen LogP contribution in [0.2, 0.25) is 0 Å². The Balaban J connectivity index is 0.00000306. The van der Waals surface area contributed by atoms with E-state index in [1.807, 2.05) is 13.1 Å². The first kappa shape index (κ1) is 25.5. The molecule has 1 saturated heterocycles. The lowest BCUT2D eigenvalue weighted by Crippen LogP contribution is -2.52. The van der Waals surface area contributed by atoms with Crippen molar-refractivity contribution in [2.24, 2.45) is 4.99 Å². The Morgan fingerprint density at radius 2 is 1.94 bits per heavy atom. The summed E-state index contributed by atoms with van der Waals surface area (Å²) in [6.07, 6.45) is 5.06. The van der Waals surface area contributed by atoms with Gasteiger partial charge in [-0.25, -0.2) is 4.39 Å². The van der Waals surface area contributed by atoms with E-state index in [2.05, 4.69) is 56.5 Å². The van der Waals surface area contributed by atoms with E-state index in [1.54, 1.807) is 6.07 Å². The van der Waals surface area contributed by atoms with Gasteiger partial charge in [0, 0.05) is 51.9 Å². The molecular weight excluding hydrogens is 534 g/mol. The number of aliphatic imine (C=N–C) groups is 1. The molecular formula is C25H32FIN4O2. The minimum absolute atomic E-state index is 0. The molecule has 2 aliphatic heterocycles. The molecule has 0 radical (unpaired) electrons. The first-order valence-corrected chi connectivity index (χ1v) is 11.1. The fourth-order valence-corrected chi connectivity index (χ4v) is 4.13. The number of piperazine rings is 1. The number of hydrogen-bond donors (Lipinski definition) is 1. The average molecular weight is 566 g/mol. The summed E-state index contributed by atoms with van der Waals surface area (Å²) < 4.78 is 24.8. The van der Waals surface area contributed by atoms with E-state index in [1.165, 1.54) is 11.6 Å². The summed E-state index contributed by atoms with van der Waals surface area (Å²) in [4.78, 5) is 9.18. The maximum Gasteiger partial charge on any atom is 0.193 e. The van der Waals surface area contributed by atoms with Crippen molar-refractivity contribution >= 4 is 36.0 Å². The Hall–Kier alpha value is -2.17. The molecule has 178 valence electrons. The molecule has 0 amide bonds. The van der Waals surface area contributed by atoms with Gasteiger partial charge >= 0.3 is 0 Å². The molecule has 0 unspecified atom stereocenters. The van der Waals surface area contributed by atoms with Gasteiger partial charge in [0.15, 0.2) is 12.8 Å². The highest BCUT2D eigenvalue weighted by molar-refractivity contribution is 14.0. The molecule has 0 aliphatic carbocycles. The highest BCUT2D eigenvalue weighted by atomic mass is 127. The number of halogens is 2. The Morgan fingerprint density at radius 1 is 1.15 bits per heavy atom. The number of benzene rings is 2. The Kier molecular flexibility index (Phi) is 9.95. The summed E-state index contributed by atoms with van der Waals surface area (Å²) in [6, 6.07) is 13.4. The largest absolute Gasteiger partial charge is 0.467 e. The quantitative estimate of drug-likeness (QED) is 0.328. The second-order valence-electron chi connectivity index (χ2n) is 7.99. The van der Waals surface area contributed by atoms with E-state index in [0.717, 1.165) is 55.6 Å². The molecule has 2 aromatic rings. The van der Waals surface area contributed by atoms with E-state index in [4.69, 9.17) is 9.47 Å². The topological polar surface area (TPSA) is 49.3 Å². The molecule has 0 aromatic heterocycles. The van der Waals surface area contributed by atoms with Crippen molar-refractivity contribution in [1.29, 1.82) is 0 Å². The van der Waals surface area contributed by atoms with E-state index in [9.17, 15) is 4.39 Å². The summed E-state index contributed by atoms with van der Waals surface area (Å²) in [5.74, 6) is 1.39. The average Bonchev–Trinajstić information content (AvgIpc) is 2.83. The first-order chi connectivity index (χ1) is 15.7. The molecule has 1 N–H and O–H groups in total. The predicted octanol–water partition coefficient (Wildman–Crippen LogP) is 3.76. The van der Waals surface area contributed by atoms with Crippen LogP contribution in [-0.4, -0.2) is 68.9 Å². The second kappa shape index (κ2) is 12.9. The third-order valence-corrected chi connectivity index (χ3v) is 5.79. The minimum Gasteiger partial charge on any atom is -0.467 e. The van der Waals surface area contributed by atoms with Gasteiger partial charge in [-0.05, 0) is 29.7 Å². The number of hydrogen-bond acceptors (Lipinski definition) is 4. The van der Waals surface area contributed by atoms with Gasteiger partial charge in [-0.15, -0.1) is 24.0 Å². The van der Waals surface area contributed by atoms with Crippen molar-refractivity contribution in [3.8, 4) is 5.75 Å². The van der Waals surface area contributed by atoms with Crippen molar-refractivity contribution in [3.05, 3.63) is 71.0 Å². The zero-order valence-corrected chi connectivity index (χ0v) is 21.3. The fourth-order valence-electron chi connectivity index (χ4n) is 4.13. The van der Waals surface area contributed by atoms with Crippen LogP contribution < -0.4 is 10.1 Å². The van der Waals surface area contributed by atoms with Crippen LogP contribution in [0.5, 0.6) is 5.75 Å². The number of fused-ring (bicyclic) bond motifs is 1. The lowest BCUT2D eigenvalue weighted by molar-refractivity contribution is -0.0172. The van der Waals surface area contributed by atoms with Gasteiger partial charge in [-0.1, -0.05) is 42.5 Å². The number of nitrogens with zero attached hydrogens (tertiary/aromatic N) is 3. The monoisotopic (exact) mass is 566 g/mol. The summed E-state index contributed by atoms with van der Waals surface area (Å²) in [7, 11) is 1.81. The van der Waals surface area contributed by atoms with Crippen LogP contribution in [0.3, 0.4) is 0 Å². The van der Waals surface area contributed by atoms with Gasteiger partial charge in [0.1, 0.15) is 11.6 Å². The fraction of sp³-hybridized carbons (Fsp3) is 0.400. The van der Waals surface area contributed by atoms with Crippen molar-refractivity contribution in [1.82, 2.24) is 15.1 Å². The highest BCUT2D eigenvalue weighted by Gasteiger charge is 2.20. The summed E-state index contributed by atoms with van der Waals surface area (Å²) in [5, 5.41) is 3.43. The van der Waals surface area contributed by atoms with Crippen molar-refractivity contribution in [3.63, 3.8) is 0 Å². The minimum atomic E-state index is -0.255. The number of ether oxygens (including phenoxy) is 2. The molecule has 0 atom stereocenters. The Bertz CT molecular complexity index is 947. The summed E-state index contributed by atoms with van der Waals surface area (Å²) in [6.45, 7) is 6.04. The molecule has 2 aliphatic rings. The van der Waals surface area contributed by atoms with E-state index < -0.39 is 0 Å². The Morgan fingerprint density at radius 3 is 2.70 bits per heavy atom. The van der Waals surface area contributed by atoms with Crippen molar-refractivity contribution in [2.45, 2.75) is 13.0 Å². The molecule has 0 spiro atoms. The van der Waals surface area contributed by atoms with Crippen LogP contribution in [0.15, 0.2) is 53.5 Å². The standard InChI is InChI=1S/C25H31FN4O2.HI/c1-27-25(28-10-9-21-16-23(26)17-22-18-31-19-32-24(21)22)30-14-12-29(13-15-30)11-5-8-20-6-3-2-4-7-20;/h2-8,16-17H,9-15,18-19H2,1H3,(H,27,28);1H/b8-5+;. The first-order valence-electron chi connectivity index (χ1n) is 11.1. The highest BCUT2D eigenvalue weighted by Crippen LogP contribution is 2.29. The molecule has 33 heavy (non-hydrogen) atoms. The van der Waals surface area contributed by atoms with Crippen LogP contribution in [0.25, 0.3) is 6.08 Å². The van der Waals surface area contributed by atoms with Crippen molar-refractivity contribution in [2.75, 3.05) is 53.1 Å². The molecule has 0 saturated carbocycles. The van der Waals surface area contributed by atoms with Gasteiger partial charge < -0.3 is 19.7 Å². The SMILES string of the molecule is CN=C(NCCc1cc(F)cc2c1OCOC2)N1CCN(C/C=C/c2ccccc2)CC1.I. The van der Waals surface area contributed by atoms with Gasteiger partial charge in [-0.2, -0.15) is 0 Å². The van der Waals surface area contributed by atoms with Crippen LogP contribution in [0, 0.1) is 5.82 Å². The number of guanidine groups is 1. The molecule has 0 bridgehead atoms. The second-order valence-corrected chi connectivity index (χ2v) is 7.99. The van der Waals surface area contributed by atoms with Crippen molar-refractivity contribution < 1.29 is 13.9 Å². The van der Waals surface area contributed by atoms with E-state index in [-0.39, 0.29) is 36.6 Å². The third kappa shape index (κ3) is 7.15. The van der Waals surface area contributed by atoms with E-state index in [0.29, 0.717) is 19.6 Å². The van der Waals surface area contributed by atoms with Gasteiger partial charge in [-0.3, -0.25) is 9.89 Å². The smallest absolute Gasteiger partial charge is 0.193 e. The number of rotatable bonds is 6. The predicted molar refractivity (Wildman–Crippen MR) is 141 cm³/mol. The zero-order chi connectivity index (χ0) is 22.2. The molecule has 4 rings (SSSR count). The van der Waals surface area contributed by atoms with E-state index >= 15 is 0 Å². The van der Waals surface area contributed by atoms with Crippen LogP contribution in [0.4, 0.5) is 4.39 Å². The molecule has 6 nitrogen and oxygen atoms in total. The lowest BCUT2D eigenvalue weighted by atomic mass is 10.1. The maximum absolute atomic E-state index is 13.9. The van der Waals surface area contributed by atoms with Gasteiger partial charge in [0.25, 0.3) is 0 Å². The number of nitrogens with one attached hydrogen (secondary N) is 1. The van der Waals surface area contributed by atoms with Crippen LogP contribution in [-0.2, 0) is 17.8 Å². The molecule has 2 heterocycles. The Labute approximate surface area is 212 Å². The molecule has 8 heteroatoms. The zero-order valence-electron chi connectivity index (χ0n) is 19.0. The summed E-state index contributed by atoms with van der Waals surface area (Å²) in [5.41, 5.74) is 2.86. The summed E-state index contributed by atoms with van der Waals surface area (Å²) >= 11 is 0. The van der Waals surface area contributed by atoms with Crippen LogP contribution in [0.1, 0.15) is 16.7 Å². The van der Waals surface area contributed by atoms with Crippen LogP contribution >= 0.6 is 24.0 Å². The molecule has 1 fully saturated rings. The molecule has 2 aromatic carbocycles. The van der Waals surface area contributed by atoms with Gasteiger partial charge in [0.05, 0.1) is 6.61 Å². The van der Waals surface area contributed by atoms with Gasteiger partial charge in [0.2, 0.25) is 0 Å². The maximum atomic E-state index is 13.9. The third-order valence-electron chi connectivity index (χ3n) is 5.79. The lowest BCUT2D eigenvalue weighted by Gasteiger charge is -2.36.